The number of aliphatic carboxylic acids is 1. The van der Waals surface area contributed by atoms with E-state index in [-0.39, 0.29) is 55.9 Å². The summed E-state index contributed by atoms with van der Waals surface area (Å²) in [6.45, 7) is 18.0. The van der Waals surface area contributed by atoms with Gasteiger partial charge in [-0.25, -0.2) is 0 Å². The molecule has 1 unspecified atom stereocenters. The van der Waals surface area contributed by atoms with Crippen LogP contribution < -0.4 is 10.6 Å². The number of aliphatic hydroxyl groups excluding tert-OH is 1. The summed E-state index contributed by atoms with van der Waals surface area (Å²) in [5, 5.41) is 30.2. The molecule has 0 radical (unpaired) electrons. The average molecular weight is 1250 g/mol. The maximum Gasteiger partial charge on any atom is 0.311 e. The van der Waals surface area contributed by atoms with Gasteiger partial charge < -0.3 is 77.7 Å². The number of azide groups is 1. The van der Waals surface area contributed by atoms with Gasteiger partial charge in [-0.1, -0.05) is 89.1 Å². The zero-order valence-electron chi connectivity index (χ0n) is 54.3. The lowest BCUT2D eigenvalue weighted by atomic mass is 9.94. The van der Waals surface area contributed by atoms with Gasteiger partial charge in [-0.05, 0) is 84.1 Å². The van der Waals surface area contributed by atoms with Gasteiger partial charge in [0, 0.05) is 50.3 Å². The Morgan fingerprint density at radius 3 is 1.28 bits per heavy atom. The van der Waals surface area contributed by atoms with Crippen LogP contribution in [0.5, 0.6) is 0 Å². The lowest BCUT2D eigenvalue weighted by Crippen LogP contribution is -2.43. The van der Waals surface area contributed by atoms with E-state index < -0.39 is 29.4 Å². The standard InChI is InChI=1S/C63H119N5O19/c1-5-6-7-8-9-10-11-12-13-14-15-16-17-23-56(69)54-55(61(73)74)27-28-59(71)65-29-20-18-24-57(67-60(72)26-19-21-30-66-68-64)58(70)25-22-31-76-32-33-77-34-35-78-36-37-79-38-39-80-40-41-81-42-43-82-44-45-83-46-47-84-48-49-85-50-51-86-52-53-87-62(75)63(2,3)4/h55,57-58,70H,5-54H2,1-4H3,(H,65,71)(H,67,72)(H,73,74)/t55-,57+,58?/m0/s1. The Bertz CT molecular complexity index is 1660. The van der Waals surface area contributed by atoms with Crippen molar-refractivity contribution >= 4 is 29.5 Å². The van der Waals surface area contributed by atoms with Crippen LogP contribution >= 0.6 is 0 Å². The third kappa shape index (κ3) is 61.0. The van der Waals surface area contributed by atoms with Crippen molar-refractivity contribution in [3.05, 3.63) is 10.4 Å². The van der Waals surface area contributed by atoms with Crippen LogP contribution in [-0.4, -0.2) is 217 Å². The normalized spacial score (nSPS) is 12.6. The molecular weight excluding hydrogens is 1130 g/mol. The molecule has 0 rings (SSSR count). The Labute approximate surface area is 521 Å². The summed E-state index contributed by atoms with van der Waals surface area (Å²) in [6.07, 6.45) is 19.3. The van der Waals surface area contributed by atoms with Gasteiger partial charge in [0.2, 0.25) is 11.8 Å². The monoisotopic (exact) mass is 1250 g/mol. The fraction of sp³-hybridized carbons (Fsp3) is 0.921. The Balaban J connectivity index is 3.95. The maximum absolute atomic E-state index is 12.8. The van der Waals surface area contributed by atoms with Crippen molar-refractivity contribution in [3.63, 3.8) is 0 Å². The number of amides is 2. The number of ketones is 1. The third-order valence-electron chi connectivity index (χ3n) is 13.7. The van der Waals surface area contributed by atoms with Crippen molar-refractivity contribution in [2.45, 2.75) is 200 Å². The first-order valence-electron chi connectivity index (χ1n) is 32.8. The predicted octanol–water partition coefficient (Wildman–Crippen LogP) is 9.07. The van der Waals surface area contributed by atoms with E-state index in [9.17, 15) is 34.2 Å². The van der Waals surface area contributed by atoms with E-state index in [1.54, 1.807) is 20.8 Å². The molecule has 87 heavy (non-hydrogen) atoms. The fourth-order valence-corrected chi connectivity index (χ4v) is 8.60. The molecule has 2 amide bonds. The number of unbranched alkanes of at least 4 members (excludes halogenated alkanes) is 14. The number of aliphatic hydroxyl groups is 1. The zero-order valence-corrected chi connectivity index (χ0v) is 54.3. The van der Waals surface area contributed by atoms with Crippen molar-refractivity contribution in [1.82, 2.24) is 10.6 Å². The molecule has 0 aliphatic rings. The summed E-state index contributed by atoms with van der Waals surface area (Å²) in [6, 6.07) is -0.509. The van der Waals surface area contributed by atoms with Crippen LogP contribution in [0.25, 0.3) is 10.4 Å². The molecule has 0 aromatic carbocycles. The number of nitrogens with zero attached hydrogens (tertiary/aromatic N) is 3. The van der Waals surface area contributed by atoms with Crippen molar-refractivity contribution < 1.29 is 91.0 Å². The molecule has 0 aliphatic carbocycles. The predicted molar refractivity (Wildman–Crippen MR) is 332 cm³/mol. The molecule has 0 bridgehead atoms. The second kappa shape index (κ2) is 63.9. The van der Waals surface area contributed by atoms with Gasteiger partial charge in [-0.3, -0.25) is 24.0 Å². The second-order valence-electron chi connectivity index (χ2n) is 22.6. The molecule has 3 atom stereocenters. The summed E-state index contributed by atoms with van der Waals surface area (Å²) in [5.74, 6) is -2.75. The molecule has 0 heterocycles. The fourth-order valence-electron chi connectivity index (χ4n) is 8.60. The third-order valence-corrected chi connectivity index (χ3v) is 13.7. The van der Waals surface area contributed by atoms with E-state index in [1.807, 2.05) is 0 Å². The number of Topliss-reactive ketones (excluding diaryl/α,β-unsaturated/α-hetero) is 1. The number of carboxylic acid groups (broad SMARTS) is 1. The van der Waals surface area contributed by atoms with E-state index in [0.717, 1.165) is 19.3 Å². The van der Waals surface area contributed by atoms with Gasteiger partial charge in [-0.15, -0.1) is 0 Å². The first kappa shape index (κ1) is 83.4. The van der Waals surface area contributed by atoms with Gasteiger partial charge in [0.1, 0.15) is 12.4 Å². The minimum atomic E-state index is -1.06. The largest absolute Gasteiger partial charge is 0.481 e. The Morgan fingerprint density at radius 1 is 0.460 bits per heavy atom. The number of carbonyl (C=O) groups excluding carboxylic acids is 4. The molecular formula is C63H119N5O19. The molecule has 510 valence electrons. The number of carboxylic acids is 1. The summed E-state index contributed by atoms with van der Waals surface area (Å²) in [5.41, 5.74) is 8.00. The molecule has 0 saturated heterocycles. The lowest BCUT2D eigenvalue weighted by molar-refractivity contribution is -0.154. The topological polar surface area (TPSA) is 309 Å². The van der Waals surface area contributed by atoms with E-state index in [2.05, 4.69) is 27.6 Å². The number of esters is 1. The smallest absolute Gasteiger partial charge is 0.311 e. The number of ether oxygens (including phenoxy) is 12. The SMILES string of the molecule is CCCCCCCCCCCCCCCC(=O)C[C@H](CCC(=O)NCCCC[C@@H](NC(=O)CCCCN=[N+]=[N-])C(O)CCCOCCOCCOCCOCCOCCOCCOCCOCCOCCOCCOCCOC(=O)C(C)(C)C)C(=O)O. The molecule has 0 spiro atoms. The van der Waals surface area contributed by atoms with Gasteiger partial charge in [0.05, 0.1) is 162 Å². The van der Waals surface area contributed by atoms with Crippen molar-refractivity contribution in [1.29, 1.82) is 0 Å². The second-order valence-corrected chi connectivity index (χ2v) is 22.6. The maximum atomic E-state index is 12.8. The summed E-state index contributed by atoms with van der Waals surface area (Å²) < 4.78 is 65.9. The van der Waals surface area contributed by atoms with E-state index >= 15 is 0 Å². The minimum absolute atomic E-state index is 0.00902. The average Bonchev–Trinajstić information content (AvgIpc) is 3.58. The Hall–Kier alpha value is -3.62. The molecule has 0 aromatic heterocycles. The lowest BCUT2D eigenvalue weighted by Gasteiger charge is -2.24. The highest BCUT2D eigenvalue weighted by Crippen LogP contribution is 2.18. The van der Waals surface area contributed by atoms with Crippen LogP contribution in [0, 0.1) is 11.3 Å². The summed E-state index contributed by atoms with van der Waals surface area (Å²) in [4.78, 5) is 64.4. The first-order chi connectivity index (χ1) is 42.3. The van der Waals surface area contributed by atoms with E-state index in [0.29, 0.717) is 210 Å². The van der Waals surface area contributed by atoms with E-state index in [1.165, 1.54) is 64.2 Å². The number of carbonyl (C=O) groups is 5. The summed E-state index contributed by atoms with van der Waals surface area (Å²) in [7, 11) is 0. The Morgan fingerprint density at radius 2 is 0.862 bits per heavy atom. The first-order valence-corrected chi connectivity index (χ1v) is 32.8. The molecule has 0 aromatic rings. The van der Waals surface area contributed by atoms with Crippen LogP contribution in [0.3, 0.4) is 0 Å². The highest BCUT2D eigenvalue weighted by Gasteiger charge is 2.24. The molecule has 24 heteroatoms. The quantitative estimate of drug-likeness (QED) is 0.0145. The molecule has 4 N–H and O–H groups in total. The van der Waals surface area contributed by atoms with Crippen molar-refractivity contribution in [2.75, 3.05) is 165 Å². The summed E-state index contributed by atoms with van der Waals surface area (Å²) >= 11 is 0. The van der Waals surface area contributed by atoms with Crippen molar-refractivity contribution in [2.24, 2.45) is 16.4 Å². The van der Waals surface area contributed by atoms with E-state index in [4.69, 9.17) is 62.4 Å². The number of rotatable bonds is 69. The van der Waals surface area contributed by atoms with Gasteiger partial charge in [0.15, 0.2) is 0 Å². The highest BCUT2D eigenvalue weighted by molar-refractivity contribution is 5.84. The molecule has 0 saturated carbocycles. The van der Waals surface area contributed by atoms with Gasteiger partial charge in [-0.2, -0.15) is 0 Å². The van der Waals surface area contributed by atoms with Crippen LogP contribution in [-0.2, 0) is 80.8 Å². The highest BCUT2D eigenvalue weighted by atomic mass is 16.6. The van der Waals surface area contributed by atoms with Crippen LogP contribution in [0.4, 0.5) is 0 Å². The minimum Gasteiger partial charge on any atom is -0.481 e. The molecule has 0 aliphatic heterocycles. The van der Waals surface area contributed by atoms with Crippen molar-refractivity contribution in [3.8, 4) is 0 Å². The van der Waals surface area contributed by atoms with Crippen LogP contribution in [0.1, 0.15) is 188 Å². The number of hydrogen-bond acceptors (Lipinski definition) is 19. The van der Waals surface area contributed by atoms with Gasteiger partial charge >= 0.3 is 11.9 Å². The van der Waals surface area contributed by atoms with Gasteiger partial charge in [0.25, 0.3) is 0 Å². The van der Waals surface area contributed by atoms with Crippen LogP contribution in [0.2, 0.25) is 0 Å². The van der Waals surface area contributed by atoms with Crippen LogP contribution in [0.15, 0.2) is 5.11 Å². The number of hydrogen-bond donors (Lipinski definition) is 4. The molecule has 24 nitrogen and oxygen atoms in total. The number of nitrogens with one attached hydrogen (secondary N) is 2. The zero-order chi connectivity index (χ0) is 63.8. The Kier molecular flexibility index (Phi) is 61.3. The molecule has 0 fully saturated rings.